The first-order valence-electron chi connectivity index (χ1n) is 8.90. The Morgan fingerprint density at radius 1 is 1.20 bits per heavy atom. The van der Waals surface area contributed by atoms with Gasteiger partial charge in [-0.3, -0.25) is 11.3 Å². The lowest BCUT2D eigenvalue weighted by Crippen LogP contribution is -2.49. The van der Waals surface area contributed by atoms with Crippen molar-refractivity contribution >= 4 is 0 Å². The Bertz CT molecular complexity index is 258. The van der Waals surface area contributed by atoms with E-state index >= 15 is 0 Å². The lowest BCUT2D eigenvalue weighted by molar-refractivity contribution is -0.122. The van der Waals surface area contributed by atoms with Gasteiger partial charge >= 0.3 is 0 Å². The van der Waals surface area contributed by atoms with Crippen LogP contribution in [0.5, 0.6) is 0 Å². The molecule has 2 atom stereocenters. The Morgan fingerprint density at radius 2 is 2.00 bits per heavy atom. The number of ether oxygens (including phenoxy) is 1. The summed E-state index contributed by atoms with van der Waals surface area (Å²) in [6.07, 6.45) is 15.6. The van der Waals surface area contributed by atoms with Crippen LogP contribution in [0.4, 0.5) is 0 Å². The molecule has 1 saturated carbocycles. The Kier molecular flexibility index (Phi) is 6.79. The third-order valence-corrected chi connectivity index (χ3v) is 5.45. The van der Waals surface area contributed by atoms with E-state index in [1.807, 2.05) is 0 Å². The molecule has 1 saturated heterocycles. The van der Waals surface area contributed by atoms with Crippen LogP contribution < -0.4 is 11.3 Å². The highest BCUT2D eigenvalue weighted by atomic mass is 16.5. The van der Waals surface area contributed by atoms with Crippen molar-refractivity contribution in [1.29, 1.82) is 0 Å². The van der Waals surface area contributed by atoms with Crippen LogP contribution >= 0.6 is 0 Å². The molecule has 2 unspecified atom stereocenters. The standard InChI is InChI=1S/C17H34N2O/c1-2-3-4-6-9-16(19-18)15-10-13-20-17(14-15)11-7-5-8-12-17/h15-16,19H,2-14,18H2,1H3. The van der Waals surface area contributed by atoms with Gasteiger partial charge in [-0.05, 0) is 38.0 Å². The summed E-state index contributed by atoms with van der Waals surface area (Å²) < 4.78 is 6.21. The summed E-state index contributed by atoms with van der Waals surface area (Å²) in [4.78, 5) is 0. The summed E-state index contributed by atoms with van der Waals surface area (Å²) in [5, 5.41) is 0. The van der Waals surface area contributed by atoms with Crippen LogP contribution in [0.25, 0.3) is 0 Å². The third-order valence-electron chi connectivity index (χ3n) is 5.45. The molecular weight excluding hydrogens is 248 g/mol. The van der Waals surface area contributed by atoms with Gasteiger partial charge in [-0.2, -0.15) is 0 Å². The zero-order valence-corrected chi connectivity index (χ0v) is 13.3. The number of hydrogen-bond acceptors (Lipinski definition) is 3. The first-order valence-corrected chi connectivity index (χ1v) is 8.90. The Morgan fingerprint density at radius 3 is 2.70 bits per heavy atom. The second-order valence-corrected chi connectivity index (χ2v) is 6.97. The Balaban J connectivity index is 1.82. The van der Waals surface area contributed by atoms with Crippen LogP contribution in [0, 0.1) is 5.92 Å². The summed E-state index contributed by atoms with van der Waals surface area (Å²) in [7, 11) is 0. The molecule has 0 radical (unpaired) electrons. The molecule has 1 spiro atoms. The molecule has 1 aliphatic carbocycles. The Labute approximate surface area is 125 Å². The average molecular weight is 282 g/mol. The first kappa shape index (κ1) is 16.3. The van der Waals surface area contributed by atoms with Gasteiger partial charge in [-0.25, -0.2) is 0 Å². The van der Waals surface area contributed by atoms with E-state index in [2.05, 4.69) is 12.3 Å². The molecule has 3 heteroatoms. The van der Waals surface area contributed by atoms with Crippen molar-refractivity contribution in [3.8, 4) is 0 Å². The molecule has 2 aliphatic rings. The maximum absolute atomic E-state index is 6.21. The number of hydrazine groups is 1. The molecule has 2 rings (SSSR count). The number of nitrogens with one attached hydrogen (secondary N) is 1. The van der Waals surface area contributed by atoms with Gasteiger partial charge in [0.15, 0.2) is 0 Å². The van der Waals surface area contributed by atoms with Gasteiger partial charge in [-0.1, -0.05) is 51.9 Å². The molecule has 0 aromatic heterocycles. The summed E-state index contributed by atoms with van der Waals surface area (Å²) in [6, 6.07) is 0.495. The van der Waals surface area contributed by atoms with Gasteiger partial charge < -0.3 is 4.74 Å². The van der Waals surface area contributed by atoms with E-state index in [1.165, 1.54) is 77.0 Å². The second-order valence-electron chi connectivity index (χ2n) is 6.97. The largest absolute Gasteiger partial charge is 0.375 e. The zero-order chi connectivity index (χ0) is 14.3. The van der Waals surface area contributed by atoms with E-state index in [-0.39, 0.29) is 5.60 Å². The summed E-state index contributed by atoms with van der Waals surface area (Å²) in [5.41, 5.74) is 3.32. The van der Waals surface area contributed by atoms with E-state index in [0.29, 0.717) is 12.0 Å². The monoisotopic (exact) mass is 282 g/mol. The van der Waals surface area contributed by atoms with Gasteiger partial charge in [0, 0.05) is 12.6 Å². The summed E-state index contributed by atoms with van der Waals surface area (Å²) in [6.45, 7) is 3.21. The van der Waals surface area contributed by atoms with Gasteiger partial charge in [0.25, 0.3) is 0 Å². The zero-order valence-electron chi connectivity index (χ0n) is 13.3. The van der Waals surface area contributed by atoms with E-state index < -0.39 is 0 Å². The highest BCUT2D eigenvalue weighted by molar-refractivity contribution is 4.92. The highest BCUT2D eigenvalue weighted by Gasteiger charge is 2.40. The van der Waals surface area contributed by atoms with Gasteiger partial charge in [-0.15, -0.1) is 0 Å². The summed E-state index contributed by atoms with van der Waals surface area (Å²) >= 11 is 0. The molecule has 0 aromatic carbocycles. The minimum Gasteiger partial charge on any atom is -0.375 e. The van der Waals surface area contributed by atoms with E-state index in [4.69, 9.17) is 10.6 Å². The van der Waals surface area contributed by atoms with Gasteiger partial charge in [0.1, 0.15) is 0 Å². The molecule has 3 nitrogen and oxygen atoms in total. The molecular formula is C17H34N2O. The molecule has 0 bridgehead atoms. The van der Waals surface area contributed by atoms with Crippen molar-refractivity contribution in [1.82, 2.24) is 5.43 Å². The highest BCUT2D eigenvalue weighted by Crippen LogP contribution is 2.42. The molecule has 0 aromatic rings. The minimum atomic E-state index is 0.208. The smallest absolute Gasteiger partial charge is 0.0685 e. The molecule has 20 heavy (non-hydrogen) atoms. The van der Waals surface area contributed by atoms with Crippen LogP contribution in [-0.2, 0) is 4.74 Å². The predicted molar refractivity (Wildman–Crippen MR) is 84.4 cm³/mol. The van der Waals surface area contributed by atoms with Gasteiger partial charge in [0.05, 0.1) is 5.60 Å². The normalized spacial score (nSPS) is 27.6. The Hall–Kier alpha value is -0.120. The second kappa shape index (κ2) is 8.35. The molecule has 118 valence electrons. The average Bonchev–Trinajstić information content (AvgIpc) is 2.48. The number of rotatable bonds is 7. The minimum absolute atomic E-state index is 0.208. The van der Waals surface area contributed by atoms with Crippen LogP contribution in [0.1, 0.15) is 84.0 Å². The van der Waals surface area contributed by atoms with Crippen molar-refractivity contribution in [2.75, 3.05) is 6.61 Å². The van der Waals surface area contributed by atoms with Crippen molar-refractivity contribution < 1.29 is 4.74 Å². The van der Waals surface area contributed by atoms with E-state index in [9.17, 15) is 0 Å². The van der Waals surface area contributed by atoms with E-state index in [0.717, 1.165) is 6.61 Å². The maximum Gasteiger partial charge on any atom is 0.0685 e. The van der Waals surface area contributed by atoms with Gasteiger partial charge in [0.2, 0.25) is 0 Å². The number of unbranched alkanes of at least 4 members (excludes halogenated alkanes) is 3. The molecule has 3 N–H and O–H groups in total. The van der Waals surface area contributed by atoms with Crippen LogP contribution in [0.15, 0.2) is 0 Å². The number of hydrogen-bond donors (Lipinski definition) is 2. The van der Waals surface area contributed by atoms with Crippen LogP contribution in [0.2, 0.25) is 0 Å². The third kappa shape index (κ3) is 4.44. The molecule has 1 aliphatic heterocycles. The SMILES string of the molecule is CCCCCCC(NN)C1CCOC2(CCCCC2)C1. The molecule has 0 amide bonds. The topological polar surface area (TPSA) is 47.3 Å². The summed E-state index contributed by atoms with van der Waals surface area (Å²) in [5.74, 6) is 6.56. The number of nitrogens with two attached hydrogens (primary N) is 1. The van der Waals surface area contributed by atoms with Crippen molar-refractivity contribution in [3.63, 3.8) is 0 Å². The predicted octanol–water partition coefficient (Wildman–Crippen LogP) is 3.92. The maximum atomic E-state index is 6.21. The van der Waals surface area contributed by atoms with Crippen molar-refractivity contribution in [2.24, 2.45) is 11.8 Å². The fourth-order valence-corrected chi connectivity index (χ4v) is 4.20. The quantitative estimate of drug-likeness (QED) is 0.423. The van der Waals surface area contributed by atoms with Crippen molar-refractivity contribution in [2.45, 2.75) is 95.6 Å². The molecule has 1 heterocycles. The van der Waals surface area contributed by atoms with Crippen LogP contribution in [0.3, 0.4) is 0 Å². The lowest BCUT2D eigenvalue weighted by Gasteiger charge is -2.45. The molecule has 2 fully saturated rings. The fraction of sp³-hybridized carbons (Fsp3) is 1.00. The van der Waals surface area contributed by atoms with Crippen LogP contribution in [-0.4, -0.2) is 18.2 Å². The fourth-order valence-electron chi connectivity index (χ4n) is 4.20. The van der Waals surface area contributed by atoms with E-state index in [1.54, 1.807) is 0 Å². The first-order chi connectivity index (χ1) is 9.79. The van der Waals surface area contributed by atoms with Crippen molar-refractivity contribution in [3.05, 3.63) is 0 Å². The lowest BCUT2D eigenvalue weighted by atomic mass is 9.73.